The van der Waals surface area contributed by atoms with E-state index < -0.39 is 10.2 Å². The highest BCUT2D eigenvalue weighted by atomic mass is 32.2. The third-order valence-corrected chi connectivity index (χ3v) is 7.47. The summed E-state index contributed by atoms with van der Waals surface area (Å²) < 4.78 is 33.9. The molecule has 1 amide bonds. The summed E-state index contributed by atoms with van der Waals surface area (Å²) in [6.07, 6.45) is 4.08. The minimum atomic E-state index is -3.38. The van der Waals surface area contributed by atoms with Crippen LogP contribution < -0.4 is 10.1 Å². The first-order valence-electron chi connectivity index (χ1n) is 9.67. The number of carbonyl (C=O) groups is 1. The van der Waals surface area contributed by atoms with Crippen LogP contribution in [-0.4, -0.2) is 56.2 Å². The number of para-hydroxylation sites is 1. The zero-order valence-corrected chi connectivity index (χ0v) is 16.7. The number of benzene rings is 1. The Labute approximate surface area is 161 Å². The van der Waals surface area contributed by atoms with Crippen molar-refractivity contribution in [1.82, 2.24) is 13.9 Å². The quantitative estimate of drug-likeness (QED) is 0.796. The normalized spacial score (nSPS) is 20.3. The molecule has 0 saturated carbocycles. The molecule has 0 atom stereocenters. The van der Waals surface area contributed by atoms with Crippen LogP contribution in [0.3, 0.4) is 0 Å². The molecule has 27 heavy (non-hydrogen) atoms. The van der Waals surface area contributed by atoms with Gasteiger partial charge in [0.2, 0.25) is 5.91 Å². The summed E-state index contributed by atoms with van der Waals surface area (Å²) in [7, 11) is -1.77. The van der Waals surface area contributed by atoms with Crippen LogP contribution in [0.2, 0.25) is 0 Å². The minimum Gasteiger partial charge on any atom is -0.496 e. The standard InChI is InChI=1S/C19H29N3O4S/c1-26-18-8-4-3-7-17(18)15-20-19(23)16-9-13-22(14-10-16)27(24,25)21-11-5-2-6-12-21/h3-4,7-8,16H,2,5-6,9-15H2,1H3,(H,20,23). The van der Waals surface area contributed by atoms with Crippen LogP contribution in [0, 0.1) is 5.92 Å². The molecule has 2 heterocycles. The highest BCUT2D eigenvalue weighted by Gasteiger charge is 2.35. The van der Waals surface area contributed by atoms with Gasteiger partial charge in [0.25, 0.3) is 10.2 Å². The summed E-state index contributed by atoms with van der Waals surface area (Å²) in [5, 5.41) is 2.96. The number of piperidine rings is 2. The van der Waals surface area contributed by atoms with Gasteiger partial charge in [0.15, 0.2) is 0 Å². The van der Waals surface area contributed by atoms with Gasteiger partial charge in [-0.3, -0.25) is 4.79 Å². The number of methoxy groups -OCH3 is 1. The topological polar surface area (TPSA) is 79.0 Å². The van der Waals surface area contributed by atoms with Crippen LogP contribution in [0.15, 0.2) is 24.3 Å². The lowest BCUT2D eigenvalue weighted by Gasteiger charge is -2.35. The SMILES string of the molecule is COc1ccccc1CNC(=O)C1CCN(S(=O)(=O)N2CCCCC2)CC1. The van der Waals surface area contributed by atoms with Gasteiger partial charge in [-0.15, -0.1) is 0 Å². The van der Waals surface area contributed by atoms with Crippen molar-refractivity contribution in [3.63, 3.8) is 0 Å². The average Bonchev–Trinajstić information content (AvgIpc) is 2.73. The maximum atomic E-state index is 12.7. The second-order valence-electron chi connectivity index (χ2n) is 7.17. The van der Waals surface area contributed by atoms with E-state index >= 15 is 0 Å². The van der Waals surface area contributed by atoms with Gasteiger partial charge in [0.1, 0.15) is 5.75 Å². The Balaban J connectivity index is 1.50. The highest BCUT2D eigenvalue weighted by molar-refractivity contribution is 7.86. The lowest BCUT2D eigenvalue weighted by Crippen LogP contribution is -2.50. The number of nitrogens with zero attached hydrogens (tertiary/aromatic N) is 2. The first-order valence-corrected chi connectivity index (χ1v) is 11.1. The van der Waals surface area contributed by atoms with E-state index in [1.54, 1.807) is 15.7 Å². The summed E-state index contributed by atoms with van der Waals surface area (Å²) in [5.41, 5.74) is 0.929. The van der Waals surface area contributed by atoms with Crippen LogP contribution in [0.5, 0.6) is 5.75 Å². The van der Waals surface area contributed by atoms with E-state index in [1.165, 1.54) is 0 Å². The molecule has 7 nitrogen and oxygen atoms in total. The molecule has 2 fully saturated rings. The summed E-state index contributed by atoms with van der Waals surface area (Å²) in [5.74, 6) is 0.587. The van der Waals surface area contributed by atoms with E-state index in [-0.39, 0.29) is 11.8 Å². The molecule has 2 saturated heterocycles. The van der Waals surface area contributed by atoms with Gasteiger partial charge in [-0.1, -0.05) is 24.6 Å². The fraction of sp³-hybridized carbons (Fsp3) is 0.632. The molecule has 150 valence electrons. The van der Waals surface area contributed by atoms with Gasteiger partial charge in [-0.25, -0.2) is 0 Å². The van der Waals surface area contributed by atoms with E-state index in [2.05, 4.69) is 5.32 Å². The molecule has 2 aliphatic rings. The fourth-order valence-corrected chi connectivity index (χ4v) is 5.50. The Morgan fingerprint density at radius 1 is 1.07 bits per heavy atom. The van der Waals surface area contributed by atoms with E-state index in [0.717, 1.165) is 30.6 Å². The van der Waals surface area contributed by atoms with Crippen molar-refractivity contribution in [1.29, 1.82) is 0 Å². The molecule has 2 aliphatic heterocycles. The van der Waals surface area contributed by atoms with E-state index in [0.29, 0.717) is 45.6 Å². The molecule has 0 aromatic heterocycles. The molecule has 0 unspecified atom stereocenters. The molecule has 8 heteroatoms. The largest absolute Gasteiger partial charge is 0.496 e. The molecule has 0 bridgehead atoms. The van der Waals surface area contributed by atoms with Crippen molar-refractivity contribution in [3.8, 4) is 5.75 Å². The Morgan fingerprint density at radius 3 is 2.37 bits per heavy atom. The molecular formula is C19H29N3O4S. The minimum absolute atomic E-state index is 0.0177. The molecule has 0 aliphatic carbocycles. The van der Waals surface area contributed by atoms with Crippen LogP contribution >= 0.6 is 0 Å². The van der Waals surface area contributed by atoms with Gasteiger partial charge in [-0.2, -0.15) is 17.0 Å². The van der Waals surface area contributed by atoms with Crippen LogP contribution in [0.1, 0.15) is 37.7 Å². The number of rotatable bonds is 6. The number of hydrogen-bond acceptors (Lipinski definition) is 4. The molecule has 0 spiro atoms. The van der Waals surface area contributed by atoms with Gasteiger partial charge >= 0.3 is 0 Å². The fourth-order valence-electron chi connectivity index (χ4n) is 3.78. The maximum Gasteiger partial charge on any atom is 0.281 e. The summed E-state index contributed by atoms with van der Waals surface area (Å²) >= 11 is 0. The molecule has 0 radical (unpaired) electrons. The molecular weight excluding hydrogens is 366 g/mol. The molecule has 1 aromatic carbocycles. The first kappa shape index (κ1) is 20.1. The Hall–Kier alpha value is -1.64. The Bertz CT molecular complexity index is 739. The third kappa shape index (κ3) is 4.80. The zero-order chi connectivity index (χ0) is 19.3. The second-order valence-corrected chi connectivity index (χ2v) is 9.10. The van der Waals surface area contributed by atoms with Gasteiger partial charge in [-0.05, 0) is 31.7 Å². The summed E-state index contributed by atoms with van der Waals surface area (Å²) in [6.45, 7) is 2.45. The second kappa shape index (κ2) is 9.03. The lowest BCUT2D eigenvalue weighted by molar-refractivity contribution is -0.126. The lowest BCUT2D eigenvalue weighted by atomic mass is 9.97. The van der Waals surface area contributed by atoms with Crippen LogP contribution in [0.4, 0.5) is 0 Å². The van der Waals surface area contributed by atoms with Crippen LogP contribution in [0.25, 0.3) is 0 Å². The van der Waals surface area contributed by atoms with E-state index in [9.17, 15) is 13.2 Å². The molecule has 1 N–H and O–H groups in total. The number of carbonyl (C=O) groups excluding carboxylic acids is 1. The van der Waals surface area contributed by atoms with Gasteiger partial charge in [0, 0.05) is 44.2 Å². The van der Waals surface area contributed by atoms with E-state index in [1.807, 2.05) is 24.3 Å². The van der Waals surface area contributed by atoms with Crippen molar-refractivity contribution in [3.05, 3.63) is 29.8 Å². The first-order chi connectivity index (χ1) is 13.0. The summed E-state index contributed by atoms with van der Waals surface area (Å²) in [6, 6.07) is 7.59. The highest BCUT2D eigenvalue weighted by Crippen LogP contribution is 2.24. The van der Waals surface area contributed by atoms with Crippen molar-refractivity contribution < 1.29 is 17.9 Å². The number of nitrogens with one attached hydrogen (secondary N) is 1. The van der Waals surface area contributed by atoms with Crippen molar-refractivity contribution in [2.45, 2.75) is 38.6 Å². The number of ether oxygens (including phenoxy) is 1. The monoisotopic (exact) mass is 395 g/mol. The zero-order valence-electron chi connectivity index (χ0n) is 15.9. The summed E-state index contributed by atoms with van der Waals surface area (Å²) in [4.78, 5) is 12.5. The van der Waals surface area contributed by atoms with Crippen LogP contribution in [-0.2, 0) is 21.5 Å². The Morgan fingerprint density at radius 2 is 1.70 bits per heavy atom. The predicted molar refractivity (Wildman–Crippen MR) is 103 cm³/mol. The van der Waals surface area contributed by atoms with Crippen molar-refractivity contribution >= 4 is 16.1 Å². The van der Waals surface area contributed by atoms with Gasteiger partial charge in [0.05, 0.1) is 7.11 Å². The Kier molecular flexibility index (Phi) is 6.73. The number of amides is 1. The molecule has 1 aromatic rings. The van der Waals surface area contributed by atoms with Crippen molar-refractivity contribution in [2.75, 3.05) is 33.3 Å². The predicted octanol–water partition coefficient (Wildman–Crippen LogP) is 1.75. The smallest absolute Gasteiger partial charge is 0.281 e. The van der Waals surface area contributed by atoms with Gasteiger partial charge < -0.3 is 10.1 Å². The number of hydrogen-bond donors (Lipinski definition) is 1. The third-order valence-electron chi connectivity index (χ3n) is 5.44. The molecule has 3 rings (SSSR count). The average molecular weight is 396 g/mol. The van der Waals surface area contributed by atoms with Crippen molar-refractivity contribution in [2.24, 2.45) is 5.92 Å². The maximum absolute atomic E-state index is 12.7. The van der Waals surface area contributed by atoms with E-state index in [4.69, 9.17) is 4.74 Å².